The maximum atomic E-state index is 13.7. The lowest BCUT2D eigenvalue weighted by atomic mass is 9.77. The van der Waals surface area contributed by atoms with Crippen molar-refractivity contribution in [3.05, 3.63) is 72.0 Å². The van der Waals surface area contributed by atoms with E-state index in [4.69, 9.17) is 10.2 Å². The molecule has 36 heavy (non-hydrogen) atoms. The van der Waals surface area contributed by atoms with Gasteiger partial charge in [0.2, 0.25) is 5.89 Å². The summed E-state index contributed by atoms with van der Waals surface area (Å²) in [7, 11) is 0. The Morgan fingerprint density at radius 1 is 1.06 bits per heavy atom. The van der Waals surface area contributed by atoms with Gasteiger partial charge in [0.25, 0.3) is 0 Å². The molecule has 1 aliphatic carbocycles. The van der Waals surface area contributed by atoms with Crippen LogP contribution in [0.5, 0.6) is 0 Å². The zero-order chi connectivity index (χ0) is 25.3. The highest BCUT2D eigenvalue weighted by Gasteiger charge is 2.44. The fourth-order valence-corrected chi connectivity index (χ4v) is 5.44. The molecule has 3 N–H and O–H groups in total. The van der Waals surface area contributed by atoms with Crippen LogP contribution in [0.25, 0.3) is 11.3 Å². The fourth-order valence-electron chi connectivity index (χ4n) is 5.44. The van der Waals surface area contributed by atoms with Gasteiger partial charge in [-0.2, -0.15) is 13.2 Å². The standard InChI is InChI=1S/C27H30F4N4O/c28-20-6-3-5-18(15-20)23-16-33-25(36-23)26(32)13-2-1-8-24(26)34-21-7-4-14-35(17-21)22-11-9-19(10-12-22)27(29,30)31/h3,5-6,9-12,15-16,21,24,34H,1-2,4,7-8,13-14,17,32H2/t21?,24?,26-/m0/s1. The molecule has 3 atom stereocenters. The van der Waals surface area contributed by atoms with E-state index >= 15 is 0 Å². The SMILES string of the molecule is N[C@@]1(c2ncc(-c3cccc(F)c3)o2)CCCCC1NC1CCCN(c2ccc(C(F)(F)F)cc2)C1. The van der Waals surface area contributed by atoms with Crippen LogP contribution in [0.1, 0.15) is 50.0 Å². The molecule has 1 saturated carbocycles. The molecule has 192 valence electrons. The van der Waals surface area contributed by atoms with Gasteiger partial charge in [-0.15, -0.1) is 0 Å². The molecule has 2 heterocycles. The minimum Gasteiger partial charge on any atom is -0.439 e. The van der Waals surface area contributed by atoms with Gasteiger partial charge in [0.15, 0.2) is 5.76 Å². The molecule has 2 aromatic carbocycles. The van der Waals surface area contributed by atoms with Crippen LogP contribution >= 0.6 is 0 Å². The molecule has 5 nitrogen and oxygen atoms in total. The van der Waals surface area contributed by atoms with Crippen molar-refractivity contribution < 1.29 is 22.0 Å². The first-order valence-corrected chi connectivity index (χ1v) is 12.4. The monoisotopic (exact) mass is 502 g/mol. The van der Waals surface area contributed by atoms with E-state index in [0.717, 1.165) is 56.5 Å². The summed E-state index contributed by atoms with van der Waals surface area (Å²) in [5.74, 6) is 0.569. The normalized spacial score (nSPS) is 25.2. The van der Waals surface area contributed by atoms with Gasteiger partial charge in [0.1, 0.15) is 11.4 Å². The van der Waals surface area contributed by atoms with E-state index in [1.54, 1.807) is 30.5 Å². The van der Waals surface area contributed by atoms with Crippen molar-refractivity contribution in [3.8, 4) is 11.3 Å². The van der Waals surface area contributed by atoms with Crippen molar-refractivity contribution in [1.29, 1.82) is 0 Å². The van der Waals surface area contributed by atoms with E-state index in [1.807, 2.05) is 0 Å². The molecule has 0 spiro atoms. The molecule has 1 aliphatic heterocycles. The first-order valence-electron chi connectivity index (χ1n) is 12.4. The Kier molecular flexibility index (Phi) is 6.78. The number of nitrogens with two attached hydrogens (primary N) is 1. The van der Waals surface area contributed by atoms with Crippen molar-refractivity contribution in [3.63, 3.8) is 0 Å². The van der Waals surface area contributed by atoms with E-state index in [1.165, 1.54) is 12.1 Å². The van der Waals surface area contributed by atoms with Gasteiger partial charge >= 0.3 is 6.18 Å². The van der Waals surface area contributed by atoms with Crippen LogP contribution in [0.4, 0.5) is 23.2 Å². The number of anilines is 1. The maximum absolute atomic E-state index is 13.7. The molecule has 3 aromatic rings. The summed E-state index contributed by atoms with van der Waals surface area (Å²) in [4.78, 5) is 6.62. The molecular weight excluding hydrogens is 472 g/mol. The van der Waals surface area contributed by atoms with Crippen LogP contribution in [0, 0.1) is 5.82 Å². The van der Waals surface area contributed by atoms with Gasteiger partial charge in [-0.25, -0.2) is 9.37 Å². The number of halogens is 4. The van der Waals surface area contributed by atoms with Crippen molar-refractivity contribution in [2.24, 2.45) is 5.73 Å². The first kappa shape index (κ1) is 24.8. The highest BCUT2D eigenvalue weighted by molar-refractivity contribution is 5.56. The maximum Gasteiger partial charge on any atom is 0.416 e. The average Bonchev–Trinajstić information content (AvgIpc) is 3.37. The average molecular weight is 503 g/mol. The van der Waals surface area contributed by atoms with Gasteiger partial charge < -0.3 is 20.4 Å². The quantitative estimate of drug-likeness (QED) is 0.428. The lowest BCUT2D eigenvalue weighted by molar-refractivity contribution is -0.137. The van der Waals surface area contributed by atoms with Crippen molar-refractivity contribution in [2.45, 2.75) is 62.3 Å². The summed E-state index contributed by atoms with van der Waals surface area (Å²) in [5, 5.41) is 3.73. The van der Waals surface area contributed by atoms with E-state index in [0.29, 0.717) is 30.2 Å². The molecule has 0 radical (unpaired) electrons. The third kappa shape index (κ3) is 5.13. The summed E-state index contributed by atoms with van der Waals surface area (Å²) in [6, 6.07) is 11.6. The summed E-state index contributed by atoms with van der Waals surface area (Å²) < 4.78 is 58.6. The Morgan fingerprint density at radius 2 is 1.86 bits per heavy atom. The Hall–Kier alpha value is -2.91. The molecule has 2 unspecified atom stereocenters. The lowest BCUT2D eigenvalue weighted by Crippen LogP contribution is -2.61. The minimum atomic E-state index is -4.34. The van der Waals surface area contributed by atoms with Crippen molar-refractivity contribution in [1.82, 2.24) is 10.3 Å². The highest BCUT2D eigenvalue weighted by atomic mass is 19.4. The van der Waals surface area contributed by atoms with Crippen LogP contribution in [0.15, 0.2) is 59.1 Å². The molecular formula is C27H30F4N4O. The summed E-state index contributed by atoms with van der Waals surface area (Å²) in [6.45, 7) is 1.47. The predicted molar refractivity (Wildman–Crippen MR) is 130 cm³/mol. The summed E-state index contributed by atoms with van der Waals surface area (Å²) in [6.07, 6.45) is 2.68. The Balaban J connectivity index is 1.30. The number of benzene rings is 2. The number of alkyl halides is 3. The number of nitrogens with one attached hydrogen (secondary N) is 1. The molecule has 5 rings (SSSR count). The Morgan fingerprint density at radius 3 is 2.61 bits per heavy atom. The summed E-state index contributed by atoms with van der Waals surface area (Å²) in [5.41, 5.74) is 6.90. The zero-order valence-corrected chi connectivity index (χ0v) is 19.9. The van der Waals surface area contributed by atoms with Crippen LogP contribution < -0.4 is 16.0 Å². The van der Waals surface area contributed by atoms with Gasteiger partial charge in [-0.05, 0) is 62.1 Å². The second-order valence-corrected chi connectivity index (χ2v) is 9.88. The molecule has 2 aliphatic rings. The topological polar surface area (TPSA) is 67.3 Å². The molecule has 1 aromatic heterocycles. The molecule has 2 fully saturated rings. The second-order valence-electron chi connectivity index (χ2n) is 9.88. The summed E-state index contributed by atoms with van der Waals surface area (Å²) >= 11 is 0. The second kappa shape index (κ2) is 9.86. The lowest BCUT2D eigenvalue weighted by Gasteiger charge is -2.43. The Labute approximate surface area is 207 Å². The predicted octanol–water partition coefficient (Wildman–Crippen LogP) is 5.85. The van der Waals surface area contributed by atoms with Gasteiger partial charge in [-0.3, -0.25) is 0 Å². The third-order valence-electron chi connectivity index (χ3n) is 7.39. The van der Waals surface area contributed by atoms with Crippen LogP contribution in [0.3, 0.4) is 0 Å². The highest BCUT2D eigenvalue weighted by Crippen LogP contribution is 2.37. The number of oxazole rings is 1. The van der Waals surface area contributed by atoms with Gasteiger partial charge in [-0.1, -0.05) is 25.0 Å². The number of rotatable bonds is 5. The smallest absolute Gasteiger partial charge is 0.416 e. The van der Waals surface area contributed by atoms with Crippen molar-refractivity contribution >= 4 is 5.69 Å². The molecule has 0 bridgehead atoms. The number of hydrogen-bond donors (Lipinski definition) is 2. The molecule has 1 saturated heterocycles. The Bertz CT molecular complexity index is 1180. The third-order valence-corrected chi connectivity index (χ3v) is 7.39. The number of piperidine rings is 1. The number of nitrogens with zero attached hydrogens (tertiary/aromatic N) is 2. The van der Waals surface area contributed by atoms with Crippen molar-refractivity contribution in [2.75, 3.05) is 18.0 Å². The largest absolute Gasteiger partial charge is 0.439 e. The van der Waals surface area contributed by atoms with E-state index < -0.39 is 17.3 Å². The first-order chi connectivity index (χ1) is 17.2. The van der Waals surface area contributed by atoms with E-state index in [2.05, 4.69) is 15.2 Å². The number of aromatic nitrogens is 1. The van der Waals surface area contributed by atoms with Crippen LogP contribution in [-0.4, -0.2) is 30.2 Å². The number of hydrogen-bond acceptors (Lipinski definition) is 5. The minimum absolute atomic E-state index is 0.0668. The van der Waals surface area contributed by atoms with Crippen LogP contribution in [-0.2, 0) is 11.7 Å². The van der Waals surface area contributed by atoms with E-state index in [9.17, 15) is 17.6 Å². The van der Waals surface area contributed by atoms with E-state index in [-0.39, 0.29) is 17.9 Å². The molecule has 0 amide bonds. The van der Waals surface area contributed by atoms with Gasteiger partial charge in [0.05, 0.1) is 11.8 Å². The fraction of sp³-hybridized carbons (Fsp3) is 0.444. The zero-order valence-electron chi connectivity index (χ0n) is 19.9. The van der Waals surface area contributed by atoms with Crippen LogP contribution in [0.2, 0.25) is 0 Å². The van der Waals surface area contributed by atoms with Gasteiger partial charge in [0, 0.05) is 36.4 Å². The molecule has 9 heteroatoms.